The van der Waals surface area contributed by atoms with Gasteiger partial charge in [0.25, 0.3) is 5.91 Å². The third-order valence-electron chi connectivity index (χ3n) is 4.61. The van der Waals surface area contributed by atoms with Gasteiger partial charge in [-0.2, -0.15) is 0 Å². The molecule has 0 atom stereocenters. The van der Waals surface area contributed by atoms with Crippen LogP contribution >= 0.6 is 0 Å². The largest absolute Gasteiger partial charge is 0.494 e. The monoisotopic (exact) mass is 416 g/mol. The maximum atomic E-state index is 13.4. The number of amides is 1. The summed E-state index contributed by atoms with van der Waals surface area (Å²) in [6.45, 7) is 4.47. The van der Waals surface area contributed by atoms with Gasteiger partial charge in [0.1, 0.15) is 11.6 Å². The number of halogens is 1. The topological polar surface area (TPSA) is 69.0 Å². The lowest BCUT2D eigenvalue weighted by molar-refractivity contribution is 0.101. The van der Waals surface area contributed by atoms with Gasteiger partial charge in [-0.3, -0.25) is 4.79 Å². The van der Waals surface area contributed by atoms with Crippen molar-refractivity contribution in [2.24, 2.45) is 0 Å². The molecule has 31 heavy (non-hydrogen) atoms. The van der Waals surface area contributed by atoms with E-state index in [1.807, 2.05) is 38.1 Å². The number of hydrogen-bond donors (Lipinski definition) is 1. The van der Waals surface area contributed by atoms with Crippen molar-refractivity contribution < 1.29 is 13.9 Å². The highest BCUT2D eigenvalue weighted by Gasteiger charge is 2.19. The van der Waals surface area contributed by atoms with Crippen LogP contribution in [0.3, 0.4) is 0 Å². The first-order chi connectivity index (χ1) is 15.0. The minimum absolute atomic E-state index is 0.00813. The molecule has 6 nitrogen and oxygen atoms in total. The maximum absolute atomic E-state index is 13.4. The number of aromatic nitrogens is 3. The Morgan fingerprint density at radius 1 is 1.00 bits per heavy atom. The van der Waals surface area contributed by atoms with E-state index in [-0.39, 0.29) is 11.6 Å². The zero-order valence-electron chi connectivity index (χ0n) is 17.2. The fourth-order valence-electron chi connectivity index (χ4n) is 3.05. The van der Waals surface area contributed by atoms with Crippen LogP contribution in [0.15, 0.2) is 72.8 Å². The Hall–Kier alpha value is -4.00. The van der Waals surface area contributed by atoms with Gasteiger partial charge in [-0.25, -0.2) is 14.1 Å². The second-order valence-corrected chi connectivity index (χ2v) is 6.92. The number of rotatable bonds is 6. The smallest absolute Gasteiger partial charge is 0.295 e. The van der Waals surface area contributed by atoms with E-state index < -0.39 is 5.91 Å². The molecule has 0 spiro atoms. The van der Waals surface area contributed by atoms with E-state index in [4.69, 9.17) is 4.74 Å². The standard InChI is InChI=1S/C24H21FN4O2/c1-3-31-21-14-10-19(11-15-21)26-24(30)22-27-23(17-6-4-16(2)5-7-17)29(28-22)20-12-8-18(25)9-13-20/h4-15H,3H2,1-2H3,(H,26,30). The average Bonchev–Trinajstić information content (AvgIpc) is 3.22. The van der Waals surface area contributed by atoms with E-state index in [0.29, 0.717) is 23.8 Å². The summed E-state index contributed by atoms with van der Waals surface area (Å²) < 4.78 is 20.4. The van der Waals surface area contributed by atoms with E-state index >= 15 is 0 Å². The number of carbonyl (C=O) groups excluding carboxylic acids is 1. The number of hydrogen-bond acceptors (Lipinski definition) is 4. The van der Waals surface area contributed by atoms with Crippen LogP contribution in [0.2, 0.25) is 0 Å². The molecule has 156 valence electrons. The van der Waals surface area contributed by atoms with Gasteiger partial charge in [0.2, 0.25) is 5.82 Å². The molecule has 4 rings (SSSR count). The molecule has 0 fully saturated rings. The summed E-state index contributed by atoms with van der Waals surface area (Å²) in [5.74, 6) is 0.422. The average molecular weight is 416 g/mol. The van der Waals surface area contributed by atoms with Crippen LogP contribution in [0, 0.1) is 12.7 Å². The van der Waals surface area contributed by atoms with Crippen LogP contribution < -0.4 is 10.1 Å². The first kappa shape index (κ1) is 20.3. The van der Waals surface area contributed by atoms with E-state index in [1.165, 1.54) is 16.8 Å². The summed E-state index contributed by atoms with van der Waals surface area (Å²) in [6, 6.07) is 20.7. The fraction of sp³-hybridized carbons (Fsp3) is 0.125. The molecule has 0 aliphatic rings. The number of aryl methyl sites for hydroxylation is 1. The molecule has 1 amide bonds. The first-order valence-electron chi connectivity index (χ1n) is 9.88. The van der Waals surface area contributed by atoms with Crippen LogP contribution in [-0.2, 0) is 0 Å². The Balaban J connectivity index is 1.67. The van der Waals surface area contributed by atoms with Gasteiger partial charge in [-0.1, -0.05) is 29.8 Å². The van der Waals surface area contributed by atoms with Crippen molar-refractivity contribution in [3.05, 3.63) is 90.0 Å². The summed E-state index contributed by atoms with van der Waals surface area (Å²) in [5.41, 5.74) is 3.10. The van der Waals surface area contributed by atoms with Crippen molar-refractivity contribution in [3.8, 4) is 22.8 Å². The van der Waals surface area contributed by atoms with E-state index in [0.717, 1.165) is 16.9 Å². The zero-order chi connectivity index (χ0) is 21.8. The summed E-state index contributed by atoms with van der Waals surface area (Å²) >= 11 is 0. The molecule has 0 unspecified atom stereocenters. The molecule has 0 saturated carbocycles. The molecule has 0 radical (unpaired) electrons. The number of carbonyl (C=O) groups is 1. The van der Waals surface area contributed by atoms with Crippen molar-refractivity contribution in [1.82, 2.24) is 14.8 Å². The van der Waals surface area contributed by atoms with Crippen LogP contribution in [0.5, 0.6) is 5.75 Å². The minimum Gasteiger partial charge on any atom is -0.494 e. The third kappa shape index (κ3) is 4.61. The predicted molar refractivity (Wildman–Crippen MR) is 117 cm³/mol. The molecule has 0 bridgehead atoms. The van der Waals surface area contributed by atoms with Gasteiger partial charge < -0.3 is 10.1 Å². The van der Waals surface area contributed by atoms with Gasteiger partial charge >= 0.3 is 0 Å². The summed E-state index contributed by atoms with van der Waals surface area (Å²) in [7, 11) is 0. The molecule has 0 aliphatic heterocycles. The minimum atomic E-state index is -0.446. The number of anilines is 1. The molecule has 1 aromatic heterocycles. The van der Waals surface area contributed by atoms with Crippen molar-refractivity contribution in [2.45, 2.75) is 13.8 Å². The molecule has 3 aromatic carbocycles. The second-order valence-electron chi connectivity index (χ2n) is 6.92. The number of benzene rings is 3. The van der Waals surface area contributed by atoms with Gasteiger partial charge in [-0.05, 0) is 62.4 Å². The lowest BCUT2D eigenvalue weighted by atomic mass is 10.1. The Morgan fingerprint density at radius 2 is 1.68 bits per heavy atom. The van der Waals surface area contributed by atoms with Crippen molar-refractivity contribution >= 4 is 11.6 Å². The number of nitrogens with one attached hydrogen (secondary N) is 1. The van der Waals surface area contributed by atoms with Crippen LogP contribution in [0.4, 0.5) is 10.1 Å². The zero-order valence-corrected chi connectivity index (χ0v) is 17.2. The summed E-state index contributed by atoms with van der Waals surface area (Å²) in [6.07, 6.45) is 0. The number of ether oxygens (including phenoxy) is 1. The van der Waals surface area contributed by atoms with Gasteiger partial charge in [0.05, 0.1) is 12.3 Å². The Morgan fingerprint density at radius 3 is 2.32 bits per heavy atom. The molecule has 1 heterocycles. The Labute approximate surface area is 179 Å². The van der Waals surface area contributed by atoms with Crippen LogP contribution in [-0.4, -0.2) is 27.3 Å². The van der Waals surface area contributed by atoms with Gasteiger partial charge in [-0.15, -0.1) is 5.10 Å². The van der Waals surface area contributed by atoms with E-state index in [9.17, 15) is 9.18 Å². The summed E-state index contributed by atoms with van der Waals surface area (Å²) in [4.78, 5) is 17.3. The molecular formula is C24H21FN4O2. The normalized spacial score (nSPS) is 10.7. The maximum Gasteiger partial charge on any atom is 0.295 e. The molecule has 0 aliphatic carbocycles. The van der Waals surface area contributed by atoms with Crippen molar-refractivity contribution in [1.29, 1.82) is 0 Å². The molecule has 1 N–H and O–H groups in total. The van der Waals surface area contributed by atoms with Gasteiger partial charge in [0.15, 0.2) is 5.82 Å². The molecular weight excluding hydrogens is 395 g/mol. The predicted octanol–water partition coefficient (Wildman–Crippen LogP) is 5.03. The molecule has 7 heteroatoms. The summed E-state index contributed by atoms with van der Waals surface area (Å²) in [5, 5.41) is 7.19. The van der Waals surface area contributed by atoms with Gasteiger partial charge in [0, 0.05) is 11.3 Å². The van der Waals surface area contributed by atoms with E-state index in [1.54, 1.807) is 36.4 Å². The molecule has 4 aromatic rings. The Bertz CT molecular complexity index is 1120. The highest BCUT2D eigenvalue weighted by molar-refractivity contribution is 6.01. The number of nitrogens with zero attached hydrogens (tertiary/aromatic N) is 3. The lowest BCUT2D eigenvalue weighted by Gasteiger charge is -2.06. The molecule has 0 saturated heterocycles. The third-order valence-corrected chi connectivity index (χ3v) is 4.61. The first-order valence-corrected chi connectivity index (χ1v) is 9.88. The SMILES string of the molecule is CCOc1ccc(NC(=O)c2nc(-c3ccc(C)cc3)n(-c3ccc(F)cc3)n2)cc1. The second kappa shape index (κ2) is 8.79. The van der Waals surface area contributed by atoms with Crippen molar-refractivity contribution in [3.63, 3.8) is 0 Å². The highest BCUT2D eigenvalue weighted by atomic mass is 19.1. The van der Waals surface area contributed by atoms with Crippen molar-refractivity contribution in [2.75, 3.05) is 11.9 Å². The van der Waals surface area contributed by atoms with Crippen LogP contribution in [0.25, 0.3) is 17.1 Å². The highest BCUT2D eigenvalue weighted by Crippen LogP contribution is 2.23. The quantitative estimate of drug-likeness (QED) is 0.479. The van der Waals surface area contributed by atoms with E-state index in [2.05, 4.69) is 15.4 Å². The Kier molecular flexibility index (Phi) is 5.75. The fourth-order valence-corrected chi connectivity index (χ4v) is 3.05. The lowest BCUT2D eigenvalue weighted by Crippen LogP contribution is -2.14. The van der Waals surface area contributed by atoms with Crippen LogP contribution in [0.1, 0.15) is 23.1 Å².